The first kappa shape index (κ1) is 8.25. The van der Waals surface area contributed by atoms with Gasteiger partial charge in [-0.05, 0) is 0 Å². The Morgan fingerprint density at radius 2 is 2.00 bits per heavy atom. The molecule has 0 N–H and O–H groups in total. The second-order valence-electron chi connectivity index (χ2n) is 1.35. The van der Waals surface area contributed by atoms with Gasteiger partial charge >= 0.3 is 0 Å². The van der Waals surface area contributed by atoms with Gasteiger partial charge in [-0.25, -0.2) is 0 Å². The summed E-state index contributed by atoms with van der Waals surface area (Å²) < 4.78 is 0. The summed E-state index contributed by atoms with van der Waals surface area (Å²) in [5, 5.41) is 0. The SMILES string of the molecule is CC(Br)C(Br)CCl. The summed E-state index contributed by atoms with van der Waals surface area (Å²) in [5.74, 6) is 0.659. The van der Waals surface area contributed by atoms with Gasteiger partial charge in [0.05, 0.1) is 0 Å². The van der Waals surface area contributed by atoms with E-state index in [9.17, 15) is 0 Å². The van der Waals surface area contributed by atoms with Gasteiger partial charge in [0, 0.05) is 15.5 Å². The molecule has 2 unspecified atom stereocenters. The van der Waals surface area contributed by atoms with Crippen molar-refractivity contribution in [2.45, 2.75) is 16.6 Å². The van der Waals surface area contributed by atoms with Gasteiger partial charge in [-0.1, -0.05) is 38.8 Å². The maximum atomic E-state index is 5.47. The van der Waals surface area contributed by atoms with E-state index in [-0.39, 0.29) is 0 Å². The second kappa shape index (κ2) is 4.16. The van der Waals surface area contributed by atoms with Crippen molar-refractivity contribution in [1.29, 1.82) is 0 Å². The van der Waals surface area contributed by atoms with E-state index in [1.54, 1.807) is 0 Å². The summed E-state index contributed by atoms with van der Waals surface area (Å²) in [6, 6.07) is 0. The molecule has 0 saturated heterocycles. The number of hydrogen-bond donors (Lipinski definition) is 0. The molecule has 0 nitrogen and oxygen atoms in total. The third-order valence-electron chi connectivity index (χ3n) is 0.646. The molecule has 0 aliphatic rings. The average molecular weight is 250 g/mol. The van der Waals surface area contributed by atoms with E-state index in [2.05, 4.69) is 38.8 Å². The first-order valence-electron chi connectivity index (χ1n) is 2.02. The average Bonchev–Trinajstić information content (AvgIpc) is 1.65. The highest BCUT2D eigenvalue weighted by molar-refractivity contribution is 9.12. The lowest BCUT2D eigenvalue weighted by Crippen LogP contribution is -2.10. The summed E-state index contributed by atoms with van der Waals surface area (Å²) in [6.07, 6.45) is 0. The summed E-state index contributed by atoms with van der Waals surface area (Å²) in [4.78, 5) is 0.860. The van der Waals surface area contributed by atoms with E-state index in [0.717, 1.165) is 0 Å². The smallest absolute Gasteiger partial charge is 0.0403 e. The lowest BCUT2D eigenvalue weighted by Gasteiger charge is -2.05. The number of hydrogen-bond acceptors (Lipinski definition) is 0. The van der Waals surface area contributed by atoms with Gasteiger partial charge in [0.15, 0.2) is 0 Å². The molecule has 0 radical (unpaired) electrons. The van der Waals surface area contributed by atoms with Crippen LogP contribution in [-0.2, 0) is 0 Å². The van der Waals surface area contributed by atoms with Crippen molar-refractivity contribution < 1.29 is 0 Å². The zero-order valence-electron chi connectivity index (χ0n) is 4.00. The lowest BCUT2D eigenvalue weighted by molar-refractivity contribution is 0.965. The van der Waals surface area contributed by atoms with E-state index in [4.69, 9.17) is 11.6 Å². The van der Waals surface area contributed by atoms with Crippen LogP contribution in [0.1, 0.15) is 6.92 Å². The Morgan fingerprint density at radius 1 is 1.57 bits per heavy atom. The van der Waals surface area contributed by atoms with Crippen molar-refractivity contribution in [2.75, 3.05) is 5.88 Å². The molecular formula is C4H7Br2Cl. The molecule has 44 valence electrons. The maximum absolute atomic E-state index is 5.47. The molecule has 0 saturated carbocycles. The van der Waals surface area contributed by atoms with Crippen molar-refractivity contribution in [3.63, 3.8) is 0 Å². The predicted molar refractivity (Wildman–Crippen MR) is 41.8 cm³/mol. The molecule has 0 bridgehead atoms. The van der Waals surface area contributed by atoms with Gasteiger partial charge in [-0.3, -0.25) is 0 Å². The predicted octanol–water partition coefficient (Wildman–Crippen LogP) is 2.77. The van der Waals surface area contributed by atoms with Gasteiger partial charge in [0.25, 0.3) is 0 Å². The molecule has 3 heteroatoms. The molecular weight excluding hydrogens is 243 g/mol. The number of rotatable bonds is 2. The summed E-state index contributed by atoms with van der Waals surface area (Å²) >= 11 is 12.2. The van der Waals surface area contributed by atoms with E-state index in [1.165, 1.54) is 0 Å². The van der Waals surface area contributed by atoms with Crippen LogP contribution in [0, 0.1) is 0 Å². The fourth-order valence-electron chi connectivity index (χ4n) is 0.123. The monoisotopic (exact) mass is 248 g/mol. The second-order valence-corrected chi connectivity index (χ2v) is 4.28. The van der Waals surface area contributed by atoms with Crippen molar-refractivity contribution in [3.05, 3.63) is 0 Å². The molecule has 0 aliphatic heterocycles. The normalized spacial score (nSPS) is 18.9. The van der Waals surface area contributed by atoms with Crippen molar-refractivity contribution in [3.8, 4) is 0 Å². The molecule has 0 fully saturated rings. The zero-order valence-corrected chi connectivity index (χ0v) is 7.92. The van der Waals surface area contributed by atoms with Gasteiger partial charge < -0.3 is 0 Å². The Hall–Kier alpha value is 1.25. The zero-order chi connectivity index (χ0) is 5.86. The third-order valence-corrected chi connectivity index (χ3v) is 3.82. The van der Waals surface area contributed by atoms with E-state index < -0.39 is 0 Å². The van der Waals surface area contributed by atoms with Crippen molar-refractivity contribution >= 4 is 43.5 Å². The van der Waals surface area contributed by atoms with Crippen LogP contribution in [0.25, 0.3) is 0 Å². The van der Waals surface area contributed by atoms with Gasteiger partial charge in [0.2, 0.25) is 0 Å². The van der Waals surface area contributed by atoms with Crippen LogP contribution in [0.4, 0.5) is 0 Å². The highest BCUT2D eigenvalue weighted by atomic mass is 79.9. The Balaban J connectivity index is 3.14. The molecule has 2 atom stereocenters. The van der Waals surface area contributed by atoms with Crippen LogP contribution in [0.15, 0.2) is 0 Å². The fourth-order valence-corrected chi connectivity index (χ4v) is 0.792. The third kappa shape index (κ3) is 3.80. The van der Waals surface area contributed by atoms with E-state index >= 15 is 0 Å². The van der Waals surface area contributed by atoms with Gasteiger partial charge in [-0.2, -0.15) is 0 Å². The Bertz CT molecular complexity index is 47.0. The first-order valence-corrected chi connectivity index (χ1v) is 4.39. The van der Waals surface area contributed by atoms with Crippen molar-refractivity contribution in [2.24, 2.45) is 0 Å². The molecule has 0 amide bonds. The van der Waals surface area contributed by atoms with Crippen LogP contribution in [0.5, 0.6) is 0 Å². The van der Waals surface area contributed by atoms with E-state index in [0.29, 0.717) is 15.5 Å². The van der Waals surface area contributed by atoms with Crippen molar-refractivity contribution in [1.82, 2.24) is 0 Å². The fraction of sp³-hybridized carbons (Fsp3) is 1.00. The van der Waals surface area contributed by atoms with Gasteiger partial charge in [0.1, 0.15) is 0 Å². The lowest BCUT2D eigenvalue weighted by atomic mass is 10.4. The summed E-state index contributed by atoms with van der Waals surface area (Å²) in [5.41, 5.74) is 0. The van der Waals surface area contributed by atoms with Crippen LogP contribution in [-0.4, -0.2) is 15.5 Å². The minimum Gasteiger partial charge on any atom is -0.125 e. The Labute approximate surface area is 65.9 Å². The number of alkyl halides is 3. The Kier molecular flexibility index (Phi) is 4.90. The molecule has 0 spiro atoms. The largest absolute Gasteiger partial charge is 0.125 e. The quantitative estimate of drug-likeness (QED) is 0.661. The molecule has 7 heavy (non-hydrogen) atoms. The highest BCUT2D eigenvalue weighted by Crippen LogP contribution is 2.13. The molecule has 0 heterocycles. The minimum absolute atomic E-state index is 0.397. The molecule has 0 aromatic heterocycles. The van der Waals surface area contributed by atoms with Crippen LogP contribution in [0.2, 0.25) is 0 Å². The van der Waals surface area contributed by atoms with Gasteiger partial charge in [-0.15, -0.1) is 11.6 Å². The van der Waals surface area contributed by atoms with Crippen LogP contribution >= 0.6 is 43.5 Å². The van der Waals surface area contributed by atoms with Crippen LogP contribution < -0.4 is 0 Å². The first-order chi connectivity index (χ1) is 3.18. The standard InChI is InChI=1S/C4H7Br2Cl/c1-3(5)4(6)2-7/h3-4H,2H2,1H3. The molecule has 0 aliphatic carbocycles. The highest BCUT2D eigenvalue weighted by Gasteiger charge is 2.06. The summed E-state index contributed by atoms with van der Waals surface area (Å²) in [6.45, 7) is 2.06. The number of halogens is 3. The minimum atomic E-state index is 0.397. The van der Waals surface area contributed by atoms with Crippen LogP contribution in [0.3, 0.4) is 0 Å². The maximum Gasteiger partial charge on any atom is 0.0403 e. The molecule has 0 rings (SSSR count). The topological polar surface area (TPSA) is 0 Å². The summed E-state index contributed by atoms with van der Waals surface area (Å²) in [7, 11) is 0. The van der Waals surface area contributed by atoms with E-state index in [1.807, 2.05) is 0 Å². The molecule has 0 aromatic rings. The Morgan fingerprint density at radius 3 is 2.00 bits per heavy atom. The molecule has 0 aromatic carbocycles.